The normalized spacial score (nSPS) is 12.7. The SMILES string of the molecule is CCC(CC)C(=O)Nc1ccc(C(=O)Nc2ccc3c(c2)CCC3)cc1. The quantitative estimate of drug-likeness (QED) is 0.786. The van der Waals surface area contributed by atoms with Crippen LogP contribution in [-0.4, -0.2) is 11.8 Å². The van der Waals surface area contributed by atoms with E-state index in [2.05, 4.69) is 22.8 Å². The van der Waals surface area contributed by atoms with Gasteiger partial charge in [0.05, 0.1) is 0 Å². The van der Waals surface area contributed by atoms with Crippen LogP contribution in [0.1, 0.15) is 54.6 Å². The molecule has 0 radical (unpaired) electrons. The molecule has 4 nitrogen and oxygen atoms in total. The molecular weight excluding hydrogens is 324 g/mol. The van der Waals surface area contributed by atoms with E-state index < -0.39 is 0 Å². The van der Waals surface area contributed by atoms with Crippen molar-refractivity contribution in [2.24, 2.45) is 5.92 Å². The van der Waals surface area contributed by atoms with E-state index in [-0.39, 0.29) is 17.7 Å². The molecule has 2 amide bonds. The third kappa shape index (κ3) is 4.13. The lowest BCUT2D eigenvalue weighted by Gasteiger charge is -2.13. The number of carbonyl (C=O) groups excluding carboxylic acids is 2. The highest BCUT2D eigenvalue weighted by atomic mass is 16.2. The maximum absolute atomic E-state index is 12.5. The first-order valence-electron chi connectivity index (χ1n) is 9.44. The molecule has 0 aromatic heterocycles. The number of benzene rings is 2. The number of fused-ring (bicyclic) bond motifs is 1. The van der Waals surface area contributed by atoms with E-state index in [9.17, 15) is 9.59 Å². The highest BCUT2D eigenvalue weighted by Gasteiger charge is 2.15. The molecule has 2 aromatic carbocycles. The van der Waals surface area contributed by atoms with Gasteiger partial charge >= 0.3 is 0 Å². The van der Waals surface area contributed by atoms with Crippen LogP contribution in [0.2, 0.25) is 0 Å². The molecule has 0 heterocycles. The smallest absolute Gasteiger partial charge is 0.255 e. The fourth-order valence-corrected chi connectivity index (χ4v) is 3.46. The average Bonchev–Trinajstić information content (AvgIpc) is 3.11. The third-order valence-corrected chi connectivity index (χ3v) is 5.13. The van der Waals surface area contributed by atoms with Crippen LogP contribution in [0.5, 0.6) is 0 Å². The maximum Gasteiger partial charge on any atom is 0.255 e. The minimum absolute atomic E-state index is 0.0257. The van der Waals surface area contributed by atoms with Gasteiger partial charge in [-0.2, -0.15) is 0 Å². The Morgan fingerprint density at radius 3 is 2.23 bits per heavy atom. The molecule has 4 heteroatoms. The third-order valence-electron chi connectivity index (χ3n) is 5.13. The van der Waals surface area contributed by atoms with Crippen LogP contribution in [0, 0.1) is 5.92 Å². The predicted octanol–water partition coefficient (Wildman–Crippen LogP) is 4.80. The first kappa shape index (κ1) is 18.2. The number of amides is 2. The second-order valence-electron chi connectivity index (χ2n) is 6.87. The summed E-state index contributed by atoms with van der Waals surface area (Å²) in [6.45, 7) is 4.03. The van der Waals surface area contributed by atoms with Gasteiger partial charge in [-0.1, -0.05) is 19.9 Å². The molecule has 1 aliphatic rings. The van der Waals surface area contributed by atoms with Crippen molar-refractivity contribution < 1.29 is 9.59 Å². The summed E-state index contributed by atoms with van der Waals surface area (Å²) >= 11 is 0. The number of aryl methyl sites for hydroxylation is 2. The van der Waals surface area contributed by atoms with Crippen molar-refractivity contribution in [3.8, 4) is 0 Å². The van der Waals surface area contributed by atoms with E-state index in [4.69, 9.17) is 0 Å². The zero-order valence-electron chi connectivity index (χ0n) is 15.5. The highest BCUT2D eigenvalue weighted by Crippen LogP contribution is 2.25. The van der Waals surface area contributed by atoms with Gasteiger partial charge < -0.3 is 10.6 Å². The van der Waals surface area contributed by atoms with Gasteiger partial charge in [0.1, 0.15) is 0 Å². The zero-order valence-corrected chi connectivity index (χ0v) is 15.5. The average molecular weight is 350 g/mol. The summed E-state index contributed by atoms with van der Waals surface area (Å²) in [7, 11) is 0. The van der Waals surface area contributed by atoms with Gasteiger partial charge in [-0.15, -0.1) is 0 Å². The van der Waals surface area contributed by atoms with E-state index >= 15 is 0 Å². The molecule has 1 aliphatic carbocycles. The monoisotopic (exact) mass is 350 g/mol. The van der Waals surface area contributed by atoms with Crippen LogP contribution in [0.3, 0.4) is 0 Å². The van der Waals surface area contributed by atoms with Crippen LogP contribution >= 0.6 is 0 Å². The number of carbonyl (C=O) groups is 2. The second-order valence-corrected chi connectivity index (χ2v) is 6.87. The molecule has 2 aromatic rings. The molecular formula is C22H26N2O2. The summed E-state index contributed by atoms with van der Waals surface area (Å²) in [6.07, 6.45) is 5.06. The molecule has 3 rings (SSSR count). The Morgan fingerprint density at radius 1 is 0.885 bits per heavy atom. The molecule has 0 spiro atoms. The summed E-state index contributed by atoms with van der Waals surface area (Å²) in [6, 6.07) is 13.2. The van der Waals surface area contributed by atoms with E-state index in [1.807, 2.05) is 19.9 Å². The summed E-state index contributed by atoms with van der Waals surface area (Å²) < 4.78 is 0. The molecule has 0 saturated heterocycles. The standard InChI is InChI=1S/C22H26N2O2/c1-3-15(4-2)21(25)23-19-11-9-17(10-12-19)22(26)24-20-13-8-16-6-5-7-18(16)14-20/h8-15H,3-7H2,1-2H3,(H,23,25)(H,24,26). The Hall–Kier alpha value is -2.62. The Bertz CT molecular complexity index is 792. The van der Waals surface area contributed by atoms with Crippen molar-refractivity contribution in [3.05, 3.63) is 59.2 Å². The minimum atomic E-state index is -0.138. The van der Waals surface area contributed by atoms with Crippen molar-refractivity contribution >= 4 is 23.2 Å². The molecule has 0 atom stereocenters. The van der Waals surface area contributed by atoms with Crippen molar-refractivity contribution in [2.45, 2.75) is 46.0 Å². The molecule has 136 valence electrons. The summed E-state index contributed by atoms with van der Waals surface area (Å²) in [5.74, 6) is -0.0797. The Kier molecular flexibility index (Phi) is 5.71. The number of anilines is 2. The molecule has 2 N–H and O–H groups in total. The van der Waals surface area contributed by atoms with Crippen LogP contribution in [-0.2, 0) is 17.6 Å². The highest BCUT2D eigenvalue weighted by molar-refractivity contribution is 6.04. The lowest BCUT2D eigenvalue weighted by atomic mass is 10.0. The number of nitrogens with one attached hydrogen (secondary N) is 2. The minimum Gasteiger partial charge on any atom is -0.326 e. The summed E-state index contributed by atoms with van der Waals surface area (Å²) in [4.78, 5) is 24.6. The summed E-state index contributed by atoms with van der Waals surface area (Å²) in [5, 5.41) is 5.88. The van der Waals surface area contributed by atoms with E-state index in [0.717, 1.165) is 37.1 Å². The topological polar surface area (TPSA) is 58.2 Å². The molecule has 0 unspecified atom stereocenters. The van der Waals surface area contributed by atoms with Gasteiger partial charge in [-0.05, 0) is 79.6 Å². The number of hydrogen-bond acceptors (Lipinski definition) is 2. The van der Waals surface area contributed by atoms with Crippen molar-refractivity contribution in [2.75, 3.05) is 10.6 Å². The van der Waals surface area contributed by atoms with Gasteiger partial charge in [0.25, 0.3) is 5.91 Å². The molecule has 0 bridgehead atoms. The Morgan fingerprint density at radius 2 is 1.54 bits per heavy atom. The van der Waals surface area contributed by atoms with Crippen LogP contribution in [0.15, 0.2) is 42.5 Å². The van der Waals surface area contributed by atoms with E-state index in [1.54, 1.807) is 24.3 Å². The fourth-order valence-electron chi connectivity index (χ4n) is 3.46. The number of rotatable bonds is 6. The van der Waals surface area contributed by atoms with Crippen LogP contribution in [0.4, 0.5) is 11.4 Å². The molecule has 26 heavy (non-hydrogen) atoms. The Labute approximate surface area is 155 Å². The van der Waals surface area contributed by atoms with E-state index in [0.29, 0.717) is 5.56 Å². The number of hydrogen-bond donors (Lipinski definition) is 2. The predicted molar refractivity (Wildman–Crippen MR) is 106 cm³/mol. The van der Waals surface area contributed by atoms with Gasteiger partial charge in [-0.3, -0.25) is 9.59 Å². The van der Waals surface area contributed by atoms with Crippen molar-refractivity contribution in [1.82, 2.24) is 0 Å². The van der Waals surface area contributed by atoms with E-state index in [1.165, 1.54) is 17.5 Å². The van der Waals surface area contributed by atoms with Crippen molar-refractivity contribution in [1.29, 1.82) is 0 Å². The Balaban J connectivity index is 1.63. The summed E-state index contributed by atoms with van der Waals surface area (Å²) in [5.41, 5.74) is 4.85. The molecule has 0 saturated carbocycles. The van der Waals surface area contributed by atoms with Crippen LogP contribution in [0.25, 0.3) is 0 Å². The first-order valence-corrected chi connectivity index (χ1v) is 9.44. The fraction of sp³-hybridized carbons (Fsp3) is 0.364. The zero-order chi connectivity index (χ0) is 18.5. The molecule has 0 fully saturated rings. The first-order chi connectivity index (χ1) is 12.6. The lowest BCUT2D eigenvalue weighted by Crippen LogP contribution is -2.21. The second kappa shape index (κ2) is 8.17. The van der Waals surface area contributed by atoms with Gasteiger partial charge in [0.15, 0.2) is 0 Å². The van der Waals surface area contributed by atoms with Crippen LogP contribution < -0.4 is 10.6 Å². The van der Waals surface area contributed by atoms with Gasteiger partial charge in [-0.25, -0.2) is 0 Å². The van der Waals surface area contributed by atoms with Crippen molar-refractivity contribution in [3.63, 3.8) is 0 Å². The van der Waals surface area contributed by atoms with Gasteiger partial charge in [0.2, 0.25) is 5.91 Å². The van der Waals surface area contributed by atoms with Gasteiger partial charge in [0, 0.05) is 22.9 Å². The molecule has 0 aliphatic heterocycles. The maximum atomic E-state index is 12.5. The lowest BCUT2D eigenvalue weighted by molar-refractivity contribution is -0.120. The largest absolute Gasteiger partial charge is 0.326 e.